The first kappa shape index (κ1) is 40.0. The van der Waals surface area contributed by atoms with E-state index in [1.807, 2.05) is 0 Å². The van der Waals surface area contributed by atoms with E-state index < -0.39 is 0 Å². The molecule has 3 nitrogen and oxygen atoms in total. The van der Waals surface area contributed by atoms with Crippen LogP contribution in [0.4, 0.5) is 34.1 Å². The highest BCUT2D eigenvalue weighted by Crippen LogP contribution is 2.47. The molecule has 0 bridgehead atoms. The van der Waals surface area contributed by atoms with Crippen LogP contribution in [0.25, 0.3) is 72.0 Å². The van der Waals surface area contributed by atoms with Crippen molar-refractivity contribution < 1.29 is 0 Å². The Morgan fingerprint density at radius 3 is 1.01 bits per heavy atom. The van der Waals surface area contributed by atoms with Crippen molar-refractivity contribution in [2.24, 2.45) is 0 Å². The molecule has 12 aromatic rings. The fraction of sp³-hybridized carbons (Fsp3) is 0. The van der Waals surface area contributed by atoms with Crippen molar-refractivity contribution in [2.75, 3.05) is 9.80 Å². The van der Waals surface area contributed by atoms with Gasteiger partial charge in [0.1, 0.15) is 0 Å². The molecule has 0 spiro atoms. The van der Waals surface area contributed by atoms with Crippen LogP contribution in [0.15, 0.2) is 267 Å². The van der Waals surface area contributed by atoms with Gasteiger partial charge in [-0.15, -0.1) is 0 Å². The molecule has 70 heavy (non-hydrogen) atoms. The van der Waals surface area contributed by atoms with E-state index in [4.69, 9.17) is 0 Å². The van der Waals surface area contributed by atoms with Crippen LogP contribution in [0.3, 0.4) is 0 Å². The second-order valence-electron chi connectivity index (χ2n) is 18.5. The van der Waals surface area contributed by atoms with Crippen LogP contribution in [-0.4, -0.2) is 11.3 Å². The summed E-state index contributed by atoms with van der Waals surface area (Å²) >= 11 is 0. The molecule has 0 saturated heterocycles. The maximum Gasteiger partial charge on any atom is 0.252 e. The van der Waals surface area contributed by atoms with Crippen LogP contribution in [0.1, 0.15) is 0 Å². The summed E-state index contributed by atoms with van der Waals surface area (Å²) in [7, 11) is 0. The Hall–Kier alpha value is -9.12. The lowest BCUT2D eigenvalue weighted by Gasteiger charge is -2.44. The van der Waals surface area contributed by atoms with Gasteiger partial charge in [0.05, 0.1) is 16.7 Å². The molecule has 0 radical (unpaired) electrons. The quantitative estimate of drug-likeness (QED) is 0.148. The fourth-order valence-corrected chi connectivity index (χ4v) is 11.4. The number of benzene rings is 11. The smallest absolute Gasteiger partial charge is 0.252 e. The molecule has 11 aromatic carbocycles. The van der Waals surface area contributed by atoms with Gasteiger partial charge in [-0.2, -0.15) is 0 Å². The van der Waals surface area contributed by atoms with Crippen LogP contribution < -0.4 is 26.2 Å². The second kappa shape index (κ2) is 16.3. The number of anilines is 6. The lowest BCUT2D eigenvalue weighted by atomic mass is 9.33. The van der Waals surface area contributed by atoms with Gasteiger partial charge in [0, 0.05) is 44.9 Å². The molecule has 3 heterocycles. The number of hydrogen-bond donors (Lipinski definition) is 0. The van der Waals surface area contributed by atoms with Crippen LogP contribution >= 0.6 is 0 Å². The Balaban J connectivity index is 1.08. The average molecular weight is 890 g/mol. The minimum absolute atomic E-state index is 0.00595. The van der Waals surface area contributed by atoms with Gasteiger partial charge in [0.15, 0.2) is 0 Å². The molecule has 4 heteroatoms. The largest absolute Gasteiger partial charge is 0.311 e. The van der Waals surface area contributed by atoms with E-state index in [2.05, 4.69) is 281 Å². The molecule has 0 aliphatic carbocycles. The summed E-state index contributed by atoms with van der Waals surface area (Å²) in [5.74, 6) is 0. The lowest BCUT2D eigenvalue weighted by Crippen LogP contribution is -2.61. The minimum Gasteiger partial charge on any atom is -0.311 e. The number of hydrogen-bond acceptors (Lipinski definition) is 2. The molecule has 0 fully saturated rings. The first-order valence-electron chi connectivity index (χ1n) is 24.2. The topological polar surface area (TPSA) is 11.4 Å². The second-order valence-corrected chi connectivity index (χ2v) is 18.5. The maximum atomic E-state index is 2.53. The van der Waals surface area contributed by atoms with Gasteiger partial charge in [0.2, 0.25) is 0 Å². The molecular formula is C66H44BN3. The highest BCUT2D eigenvalue weighted by molar-refractivity contribution is 7.00. The third-order valence-corrected chi connectivity index (χ3v) is 14.5. The lowest BCUT2D eigenvalue weighted by molar-refractivity contribution is 1.16. The standard InChI is InChI=1S/C66H44BN3/c1-5-19-45(20-6-1)49-27-17-29-53(39-49)68-62-33-15-13-31-58(62)67-59-32-14-16-34-63(59)69(54-30-18-28-50(40-54)46-21-7-2-8-22-46)65-44-55(43-64(68)66(65)67)70-60-37-35-51(47-23-9-3-10-24-47)41-56(60)57-42-52(36-38-61(57)70)48-25-11-4-12-26-48/h1-44H. The number of nitrogens with zero attached hydrogens (tertiary/aromatic N) is 3. The van der Waals surface area contributed by atoms with E-state index in [1.165, 1.54) is 83.0 Å². The first-order valence-corrected chi connectivity index (χ1v) is 24.2. The van der Waals surface area contributed by atoms with Crippen molar-refractivity contribution in [3.63, 3.8) is 0 Å². The van der Waals surface area contributed by atoms with Crippen molar-refractivity contribution in [2.45, 2.75) is 0 Å². The molecule has 0 N–H and O–H groups in total. The highest BCUT2D eigenvalue weighted by Gasteiger charge is 2.43. The number of aromatic nitrogens is 1. The van der Waals surface area contributed by atoms with Crippen molar-refractivity contribution >= 4 is 79.0 Å². The van der Waals surface area contributed by atoms with Crippen molar-refractivity contribution in [3.05, 3.63) is 267 Å². The molecule has 2 aliphatic heterocycles. The SMILES string of the molecule is c1ccc(-c2cccc(N3c4ccccc4B4c5ccccc5N(c5cccc(-c6ccccc6)c5)c5cc(-n6c7ccc(-c8ccccc8)cc7c7cc(-c8ccccc8)ccc76)cc3c54)c2)cc1. The number of fused-ring (bicyclic) bond motifs is 7. The Morgan fingerprint density at radius 2 is 0.600 bits per heavy atom. The van der Waals surface area contributed by atoms with E-state index in [-0.39, 0.29) is 6.71 Å². The summed E-state index contributed by atoms with van der Waals surface area (Å²) in [5.41, 5.74) is 23.7. The third-order valence-electron chi connectivity index (χ3n) is 14.5. The Bertz CT molecular complexity index is 3710. The minimum atomic E-state index is -0.00595. The van der Waals surface area contributed by atoms with Crippen LogP contribution in [0.5, 0.6) is 0 Å². The van der Waals surface area contributed by atoms with Crippen molar-refractivity contribution in [3.8, 4) is 50.2 Å². The zero-order valence-electron chi connectivity index (χ0n) is 38.3. The van der Waals surface area contributed by atoms with Crippen LogP contribution in [-0.2, 0) is 0 Å². The highest BCUT2D eigenvalue weighted by atomic mass is 15.2. The Labute approximate surface area is 408 Å². The van der Waals surface area contributed by atoms with Crippen molar-refractivity contribution in [1.29, 1.82) is 0 Å². The van der Waals surface area contributed by atoms with Crippen molar-refractivity contribution in [1.82, 2.24) is 4.57 Å². The molecule has 14 rings (SSSR count). The molecule has 0 unspecified atom stereocenters. The van der Waals surface area contributed by atoms with Gasteiger partial charge < -0.3 is 14.4 Å². The average Bonchev–Trinajstić information content (AvgIpc) is 3.77. The van der Waals surface area contributed by atoms with Gasteiger partial charge >= 0.3 is 0 Å². The first-order chi connectivity index (χ1) is 34.7. The molecule has 0 atom stereocenters. The third kappa shape index (κ3) is 6.45. The number of para-hydroxylation sites is 2. The summed E-state index contributed by atoms with van der Waals surface area (Å²) in [6, 6.07) is 98.3. The Morgan fingerprint density at radius 1 is 0.243 bits per heavy atom. The van der Waals surface area contributed by atoms with Crippen LogP contribution in [0, 0.1) is 0 Å². The number of rotatable bonds is 7. The zero-order chi connectivity index (χ0) is 46.1. The molecule has 2 aliphatic rings. The van der Waals surface area contributed by atoms with E-state index >= 15 is 0 Å². The summed E-state index contributed by atoms with van der Waals surface area (Å²) in [6.07, 6.45) is 0. The molecule has 0 saturated carbocycles. The molecule has 1 aromatic heterocycles. The summed E-state index contributed by atoms with van der Waals surface area (Å²) in [5, 5.41) is 2.43. The van der Waals surface area contributed by atoms with Gasteiger partial charge in [-0.25, -0.2) is 0 Å². The fourth-order valence-electron chi connectivity index (χ4n) is 11.4. The zero-order valence-corrected chi connectivity index (χ0v) is 38.3. The van der Waals surface area contributed by atoms with Gasteiger partial charge in [-0.1, -0.05) is 194 Å². The van der Waals surface area contributed by atoms with Gasteiger partial charge in [-0.3, -0.25) is 0 Å². The molecule has 326 valence electrons. The predicted octanol–water partition coefficient (Wildman–Crippen LogP) is 15.5. The van der Waals surface area contributed by atoms with E-state index in [0.29, 0.717) is 0 Å². The Kier molecular flexibility index (Phi) is 9.31. The van der Waals surface area contributed by atoms with E-state index in [0.717, 1.165) is 39.5 Å². The molecule has 0 amide bonds. The van der Waals surface area contributed by atoms with Gasteiger partial charge in [0.25, 0.3) is 6.71 Å². The summed E-state index contributed by atoms with van der Waals surface area (Å²) in [6.45, 7) is -0.00595. The predicted molar refractivity (Wildman–Crippen MR) is 297 cm³/mol. The van der Waals surface area contributed by atoms with Crippen LogP contribution in [0.2, 0.25) is 0 Å². The summed E-state index contributed by atoms with van der Waals surface area (Å²) < 4.78 is 2.51. The molecular weight excluding hydrogens is 846 g/mol. The van der Waals surface area contributed by atoms with E-state index in [1.54, 1.807) is 0 Å². The van der Waals surface area contributed by atoms with E-state index in [9.17, 15) is 0 Å². The monoisotopic (exact) mass is 889 g/mol. The summed E-state index contributed by atoms with van der Waals surface area (Å²) in [4.78, 5) is 5.06. The normalized spacial score (nSPS) is 12.5. The maximum absolute atomic E-state index is 2.53. The van der Waals surface area contributed by atoms with Gasteiger partial charge in [-0.05, 0) is 134 Å².